The van der Waals surface area contributed by atoms with Gasteiger partial charge in [-0.2, -0.15) is 0 Å². The molecule has 1 atom stereocenters. The minimum atomic E-state index is -0.196. The van der Waals surface area contributed by atoms with E-state index in [9.17, 15) is 4.79 Å². The van der Waals surface area contributed by atoms with E-state index in [-0.39, 0.29) is 25.2 Å². The maximum atomic E-state index is 11.0. The smallest absolute Gasteiger partial charge is 0.246 e. The van der Waals surface area contributed by atoms with E-state index in [0.717, 1.165) is 0 Å². The van der Waals surface area contributed by atoms with Crippen molar-refractivity contribution >= 4 is 5.91 Å². The molecule has 0 aromatic rings. The normalized spacial score (nSPS) is 12.5. The summed E-state index contributed by atoms with van der Waals surface area (Å²) in [6.45, 7) is 0.461. The van der Waals surface area contributed by atoms with Crippen LogP contribution in [0.2, 0.25) is 0 Å². The molecule has 0 radical (unpaired) electrons. The van der Waals surface area contributed by atoms with Crippen LogP contribution in [0, 0.1) is 0 Å². The molecule has 0 bridgehead atoms. The zero-order valence-electron chi connectivity index (χ0n) is 8.08. The van der Waals surface area contributed by atoms with E-state index in [1.165, 1.54) is 7.11 Å². The molecule has 0 spiro atoms. The molecule has 0 saturated heterocycles. The standard InChI is InChI=1S/C8H17NO4/c1-12-5-7(3-4-10)9-8(11)6-13-2/h7,10H,3-6H2,1-2H3,(H,9,11). The Morgan fingerprint density at radius 3 is 2.62 bits per heavy atom. The summed E-state index contributed by atoms with van der Waals surface area (Å²) in [5.74, 6) is -0.196. The second kappa shape index (κ2) is 7.97. The van der Waals surface area contributed by atoms with Gasteiger partial charge in [0.05, 0.1) is 12.6 Å². The van der Waals surface area contributed by atoms with Crippen LogP contribution >= 0.6 is 0 Å². The van der Waals surface area contributed by atoms with Crippen molar-refractivity contribution in [2.75, 3.05) is 34.0 Å². The van der Waals surface area contributed by atoms with Gasteiger partial charge in [0.1, 0.15) is 6.61 Å². The topological polar surface area (TPSA) is 67.8 Å². The van der Waals surface area contributed by atoms with Crippen LogP contribution < -0.4 is 5.32 Å². The van der Waals surface area contributed by atoms with E-state index in [2.05, 4.69) is 10.1 Å². The summed E-state index contributed by atoms with van der Waals surface area (Å²) in [5, 5.41) is 11.3. The summed E-state index contributed by atoms with van der Waals surface area (Å²) in [7, 11) is 3.00. The van der Waals surface area contributed by atoms with Crippen LogP contribution in [0.25, 0.3) is 0 Å². The van der Waals surface area contributed by atoms with Gasteiger partial charge in [-0.3, -0.25) is 4.79 Å². The highest BCUT2D eigenvalue weighted by Gasteiger charge is 2.10. The first-order chi connectivity index (χ1) is 6.24. The molecule has 0 saturated carbocycles. The molecule has 78 valence electrons. The fourth-order valence-corrected chi connectivity index (χ4v) is 0.955. The van der Waals surface area contributed by atoms with Crippen LogP contribution in [0.4, 0.5) is 0 Å². The number of nitrogens with one attached hydrogen (secondary N) is 1. The highest BCUT2D eigenvalue weighted by molar-refractivity contribution is 5.77. The molecule has 0 rings (SSSR count). The van der Waals surface area contributed by atoms with Crippen molar-refractivity contribution in [2.45, 2.75) is 12.5 Å². The van der Waals surface area contributed by atoms with E-state index < -0.39 is 0 Å². The first kappa shape index (κ1) is 12.3. The second-order valence-electron chi connectivity index (χ2n) is 2.67. The maximum absolute atomic E-state index is 11.0. The Bertz CT molecular complexity index is 134. The predicted octanol–water partition coefficient (Wildman–Crippen LogP) is -0.854. The van der Waals surface area contributed by atoms with Gasteiger partial charge in [0.2, 0.25) is 5.91 Å². The van der Waals surface area contributed by atoms with Crippen LogP contribution in [-0.2, 0) is 14.3 Å². The summed E-state index contributed by atoms with van der Waals surface area (Å²) in [6, 6.07) is -0.141. The molecule has 0 aliphatic carbocycles. The van der Waals surface area contributed by atoms with Gasteiger partial charge in [-0.1, -0.05) is 0 Å². The molecule has 0 aliphatic rings. The Labute approximate surface area is 78.0 Å². The number of rotatable bonds is 7. The minimum absolute atomic E-state index is 0.0291. The molecular formula is C8H17NO4. The van der Waals surface area contributed by atoms with Gasteiger partial charge in [0, 0.05) is 20.8 Å². The van der Waals surface area contributed by atoms with Crippen molar-refractivity contribution in [3.63, 3.8) is 0 Å². The zero-order valence-corrected chi connectivity index (χ0v) is 8.08. The largest absolute Gasteiger partial charge is 0.396 e. The van der Waals surface area contributed by atoms with Gasteiger partial charge < -0.3 is 19.9 Å². The fraction of sp³-hybridized carbons (Fsp3) is 0.875. The number of methoxy groups -OCH3 is 2. The third-order valence-electron chi connectivity index (χ3n) is 1.49. The van der Waals surface area contributed by atoms with E-state index in [0.29, 0.717) is 13.0 Å². The number of aliphatic hydroxyl groups excluding tert-OH is 1. The van der Waals surface area contributed by atoms with Crippen molar-refractivity contribution in [2.24, 2.45) is 0 Å². The lowest BCUT2D eigenvalue weighted by Gasteiger charge is -2.16. The summed E-state index contributed by atoms with van der Waals surface area (Å²) < 4.78 is 9.51. The van der Waals surface area contributed by atoms with Crippen LogP contribution in [0.5, 0.6) is 0 Å². The number of amides is 1. The van der Waals surface area contributed by atoms with Crippen molar-refractivity contribution in [1.29, 1.82) is 0 Å². The zero-order chi connectivity index (χ0) is 10.1. The average Bonchev–Trinajstić information content (AvgIpc) is 2.05. The molecule has 5 nitrogen and oxygen atoms in total. The fourth-order valence-electron chi connectivity index (χ4n) is 0.955. The number of carbonyl (C=O) groups is 1. The van der Waals surface area contributed by atoms with E-state index in [4.69, 9.17) is 9.84 Å². The number of hydrogen-bond donors (Lipinski definition) is 2. The van der Waals surface area contributed by atoms with E-state index in [1.54, 1.807) is 7.11 Å². The Kier molecular flexibility index (Phi) is 7.57. The summed E-state index contributed by atoms with van der Waals surface area (Å²) in [6.07, 6.45) is 0.489. The van der Waals surface area contributed by atoms with Gasteiger partial charge in [-0.05, 0) is 6.42 Å². The highest BCUT2D eigenvalue weighted by Crippen LogP contribution is 1.91. The summed E-state index contributed by atoms with van der Waals surface area (Å²) in [5.41, 5.74) is 0. The molecule has 0 aliphatic heterocycles. The lowest BCUT2D eigenvalue weighted by Crippen LogP contribution is -2.40. The Morgan fingerprint density at radius 2 is 2.15 bits per heavy atom. The number of ether oxygens (including phenoxy) is 2. The van der Waals surface area contributed by atoms with Crippen LogP contribution in [0.15, 0.2) is 0 Å². The lowest BCUT2D eigenvalue weighted by atomic mass is 10.2. The van der Waals surface area contributed by atoms with Gasteiger partial charge in [-0.15, -0.1) is 0 Å². The average molecular weight is 191 g/mol. The van der Waals surface area contributed by atoms with Crippen LogP contribution in [0.1, 0.15) is 6.42 Å². The molecule has 13 heavy (non-hydrogen) atoms. The van der Waals surface area contributed by atoms with Crippen molar-refractivity contribution in [3.05, 3.63) is 0 Å². The number of aliphatic hydroxyl groups is 1. The third-order valence-corrected chi connectivity index (χ3v) is 1.49. The van der Waals surface area contributed by atoms with Crippen molar-refractivity contribution < 1.29 is 19.4 Å². The van der Waals surface area contributed by atoms with Crippen molar-refractivity contribution in [3.8, 4) is 0 Å². The van der Waals surface area contributed by atoms with Gasteiger partial charge >= 0.3 is 0 Å². The molecule has 0 heterocycles. The highest BCUT2D eigenvalue weighted by atomic mass is 16.5. The Morgan fingerprint density at radius 1 is 1.46 bits per heavy atom. The molecule has 0 aromatic heterocycles. The molecule has 5 heteroatoms. The lowest BCUT2D eigenvalue weighted by molar-refractivity contribution is -0.125. The van der Waals surface area contributed by atoms with Gasteiger partial charge in [0.25, 0.3) is 0 Å². The molecular weight excluding hydrogens is 174 g/mol. The molecule has 1 amide bonds. The molecule has 1 unspecified atom stereocenters. The monoisotopic (exact) mass is 191 g/mol. The first-order valence-corrected chi connectivity index (χ1v) is 4.12. The second-order valence-corrected chi connectivity index (χ2v) is 2.67. The predicted molar refractivity (Wildman–Crippen MR) is 47.4 cm³/mol. The van der Waals surface area contributed by atoms with Gasteiger partial charge in [0.15, 0.2) is 0 Å². The van der Waals surface area contributed by atoms with E-state index in [1.807, 2.05) is 0 Å². The summed E-state index contributed by atoms with van der Waals surface area (Å²) in [4.78, 5) is 11.0. The van der Waals surface area contributed by atoms with Crippen molar-refractivity contribution in [1.82, 2.24) is 5.32 Å². The Hall–Kier alpha value is -0.650. The number of carbonyl (C=O) groups excluding carboxylic acids is 1. The maximum Gasteiger partial charge on any atom is 0.246 e. The SMILES string of the molecule is COCC(=O)NC(CCO)COC. The first-order valence-electron chi connectivity index (χ1n) is 4.12. The Balaban J connectivity index is 3.71. The number of hydrogen-bond acceptors (Lipinski definition) is 4. The quantitative estimate of drug-likeness (QED) is 0.550. The third kappa shape index (κ3) is 6.51. The van der Waals surface area contributed by atoms with E-state index >= 15 is 0 Å². The molecule has 2 N–H and O–H groups in total. The van der Waals surface area contributed by atoms with Crippen LogP contribution in [0.3, 0.4) is 0 Å². The minimum Gasteiger partial charge on any atom is -0.396 e. The van der Waals surface area contributed by atoms with Crippen LogP contribution in [-0.4, -0.2) is 51.1 Å². The molecule has 0 fully saturated rings. The molecule has 0 aromatic carbocycles. The van der Waals surface area contributed by atoms with Gasteiger partial charge in [-0.25, -0.2) is 0 Å². The summed E-state index contributed by atoms with van der Waals surface area (Å²) >= 11 is 0.